The third-order valence-electron chi connectivity index (χ3n) is 5.38. The molecule has 1 saturated heterocycles. The van der Waals surface area contributed by atoms with Gasteiger partial charge in [-0.15, -0.1) is 0 Å². The molecule has 5 heteroatoms. The van der Waals surface area contributed by atoms with Crippen molar-refractivity contribution in [1.29, 1.82) is 0 Å². The maximum Gasteiger partial charge on any atom is 0.155 e. The molecule has 0 radical (unpaired) electrons. The van der Waals surface area contributed by atoms with Crippen LogP contribution in [0, 0.1) is 19.8 Å². The van der Waals surface area contributed by atoms with Crippen LogP contribution >= 0.6 is 0 Å². The maximum atomic E-state index is 6.01. The third kappa shape index (κ3) is 3.24. The summed E-state index contributed by atoms with van der Waals surface area (Å²) in [6.45, 7) is 8.06. The molecule has 3 aromatic rings. The number of aryl methyl sites for hydroxylation is 2. The molecule has 26 heavy (non-hydrogen) atoms. The minimum Gasteiger partial charge on any atom is -0.373 e. The van der Waals surface area contributed by atoms with E-state index in [9.17, 15) is 0 Å². The zero-order chi connectivity index (χ0) is 18.1. The maximum absolute atomic E-state index is 6.01. The minimum atomic E-state index is 0.186. The Kier molecular flexibility index (Phi) is 4.74. The number of fused-ring (bicyclic) bond motifs is 1. The second-order valence-corrected chi connectivity index (χ2v) is 7.24. The quantitative estimate of drug-likeness (QED) is 0.761. The highest BCUT2D eigenvalue weighted by atomic mass is 16.5. The number of nitrogens with one attached hydrogen (secondary N) is 1. The van der Waals surface area contributed by atoms with Crippen molar-refractivity contribution in [3.8, 4) is 0 Å². The molecule has 1 N–H and O–H groups in total. The molecule has 1 unspecified atom stereocenters. The monoisotopic (exact) mass is 350 g/mol. The van der Waals surface area contributed by atoms with Crippen LogP contribution in [0.15, 0.2) is 42.6 Å². The smallest absolute Gasteiger partial charge is 0.155 e. The predicted molar refractivity (Wildman–Crippen MR) is 102 cm³/mol. The summed E-state index contributed by atoms with van der Waals surface area (Å²) in [7, 11) is 0. The first kappa shape index (κ1) is 17.2. The van der Waals surface area contributed by atoms with Gasteiger partial charge in [-0.2, -0.15) is 5.10 Å². The van der Waals surface area contributed by atoms with Crippen molar-refractivity contribution in [1.82, 2.24) is 19.9 Å². The van der Waals surface area contributed by atoms with Crippen LogP contribution in [0.25, 0.3) is 5.65 Å². The second kappa shape index (κ2) is 7.17. The standard InChI is InChI=1S/C21H26N4O/c1-14-11-20-23-13-19(16(3)25(20)24-14)15(2)22-12-18-9-10-26-21(18)17-7-5-4-6-8-17/h4-8,11,13,15,18,21-22H,9-10,12H2,1-3H3/t15?,18-,21-/m0/s1. The van der Waals surface area contributed by atoms with Gasteiger partial charge in [0.2, 0.25) is 0 Å². The van der Waals surface area contributed by atoms with E-state index < -0.39 is 0 Å². The highest BCUT2D eigenvalue weighted by Gasteiger charge is 2.29. The van der Waals surface area contributed by atoms with Gasteiger partial charge in [0.15, 0.2) is 5.65 Å². The van der Waals surface area contributed by atoms with Crippen molar-refractivity contribution in [2.45, 2.75) is 39.3 Å². The van der Waals surface area contributed by atoms with Gasteiger partial charge in [-0.1, -0.05) is 30.3 Å². The molecule has 2 aromatic heterocycles. The van der Waals surface area contributed by atoms with Gasteiger partial charge >= 0.3 is 0 Å². The fraction of sp³-hybridized carbons (Fsp3) is 0.429. The molecular weight excluding hydrogens is 324 g/mol. The molecule has 1 aromatic carbocycles. The highest BCUT2D eigenvalue weighted by molar-refractivity contribution is 5.42. The summed E-state index contributed by atoms with van der Waals surface area (Å²) in [6, 6.07) is 12.8. The molecule has 1 aliphatic rings. The molecule has 1 aliphatic heterocycles. The highest BCUT2D eigenvalue weighted by Crippen LogP contribution is 2.34. The molecule has 4 rings (SSSR count). The molecule has 136 valence electrons. The molecule has 0 amide bonds. The minimum absolute atomic E-state index is 0.186. The van der Waals surface area contributed by atoms with Gasteiger partial charge < -0.3 is 10.1 Å². The van der Waals surface area contributed by atoms with E-state index in [2.05, 4.69) is 59.6 Å². The topological polar surface area (TPSA) is 51.5 Å². The van der Waals surface area contributed by atoms with E-state index in [4.69, 9.17) is 4.74 Å². The fourth-order valence-corrected chi connectivity index (χ4v) is 3.89. The van der Waals surface area contributed by atoms with Gasteiger partial charge in [0.25, 0.3) is 0 Å². The number of benzene rings is 1. The molecule has 0 saturated carbocycles. The molecule has 5 nitrogen and oxygen atoms in total. The van der Waals surface area contributed by atoms with Crippen LogP contribution in [0.4, 0.5) is 0 Å². The molecule has 1 fully saturated rings. The van der Waals surface area contributed by atoms with Gasteiger partial charge in [-0.05, 0) is 32.8 Å². The summed E-state index contributed by atoms with van der Waals surface area (Å²) in [5.41, 5.74) is 5.51. The normalized spacial score (nSPS) is 21.3. The summed E-state index contributed by atoms with van der Waals surface area (Å²) < 4.78 is 7.95. The first-order chi connectivity index (χ1) is 12.6. The van der Waals surface area contributed by atoms with Gasteiger partial charge in [-0.25, -0.2) is 9.50 Å². The van der Waals surface area contributed by atoms with Gasteiger partial charge in [-0.3, -0.25) is 0 Å². The fourth-order valence-electron chi connectivity index (χ4n) is 3.89. The van der Waals surface area contributed by atoms with E-state index in [1.165, 1.54) is 11.1 Å². The van der Waals surface area contributed by atoms with Crippen molar-refractivity contribution in [2.75, 3.05) is 13.2 Å². The Labute approximate surface area is 154 Å². The average Bonchev–Trinajstić information content (AvgIpc) is 3.27. The molecule has 0 spiro atoms. The van der Waals surface area contributed by atoms with Crippen molar-refractivity contribution >= 4 is 5.65 Å². The van der Waals surface area contributed by atoms with Crippen LogP contribution in [-0.2, 0) is 4.74 Å². The predicted octanol–water partition coefficient (Wildman–Crippen LogP) is 3.77. The van der Waals surface area contributed by atoms with Crippen LogP contribution < -0.4 is 5.32 Å². The number of nitrogens with zero attached hydrogens (tertiary/aromatic N) is 3. The van der Waals surface area contributed by atoms with Crippen molar-refractivity contribution in [3.05, 3.63) is 65.1 Å². The van der Waals surface area contributed by atoms with Crippen LogP contribution in [0.5, 0.6) is 0 Å². The lowest BCUT2D eigenvalue weighted by molar-refractivity contribution is 0.0899. The summed E-state index contributed by atoms with van der Waals surface area (Å²) in [6.07, 6.45) is 3.25. The first-order valence-electron chi connectivity index (χ1n) is 9.35. The summed E-state index contributed by atoms with van der Waals surface area (Å²) >= 11 is 0. The van der Waals surface area contributed by atoms with Crippen molar-refractivity contribution in [2.24, 2.45) is 5.92 Å². The molecule has 3 atom stereocenters. The Morgan fingerprint density at radius 2 is 2.08 bits per heavy atom. The Morgan fingerprint density at radius 1 is 1.27 bits per heavy atom. The average molecular weight is 350 g/mol. The number of hydrogen-bond acceptors (Lipinski definition) is 4. The lowest BCUT2D eigenvalue weighted by atomic mass is 9.95. The van der Waals surface area contributed by atoms with E-state index in [1.807, 2.05) is 23.7 Å². The summed E-state index contributed by atoms with van der Waals surface area (Å²) in [4.78, 5) is 4.56. The number of ether oxygens (including phenoxy) is 1. The van der Waals surface area contributed by atoms with Gasteiger partial charge in [0.1, 0.15) is 0 Å². The second-order valence-electron chi connectivity index (χ2n) is 7.24. The molecule has 3 heterocycles. The van der Waals surface area contributed by atoms with Gasteiger partial charge in [0.05, 0.1) is 11.8 Å². The number of aromatic nitrogens is 3. The number of rotatable bonds is 5. The van der Waals surface area contributed by atoms with E-state index in [1.54, 1.807) is 0 Å². The van der Waals surface area contributed by atoms with E-state index in [0.717, 1.165) is 36.6 Å². The largest absolute Gasteiger partial charge is 0.373 e. The number of hydrogen-bond donors (Lipinski definition) is 1. The Hall–Kier alpha value is -2.24. The zero-order valence-electron chi connectivity index (χ0n) is 15.6. The third-order valence-corrected chi connectivity index (χ3v) is 5.38. The van der Waals surface area contributed by atoms with E-state index >= 15 is 0 Å². The molecular formula is C21H26N4O. The Morgan fingerprint density at radius 3 is 2.88 bits per heavy atom. The van der Waals surface area contributed by atoms with Crippen molar-refractivity contribution < 1.29 is 4.74 Å². The Bertz CT molecular complexity index is 890. The summed E-state index contributed by atoms with van der Waals surface area (Å²) in [5, 5.41) is 8.24. The first-order valence-corrected chi connectivity index (χ1v) is 9.35. The lowest BCUT2D eigenvalue weighted by Gasteiger charge is -2.23. The summed E-state index contributed by atoms with van der Waals surface area (Å²) in [5.74, 6) is 0.490. The van der Waals surface area contributed by atoms with Crippen LogP contribution in [0.2, 0.25) is 0 Å². The van der Waals surface area contributed by atoms with Gasteiger partial charge in [0, 0.05) is 48.6 Å². The van der Waals surface area contributed by atoms with Crippen molar-refractivity contribution in [3.63, 3.8) is 0 Å². The van der Waals surface area contributed by atoms with E-state index in [0.29, 0.717) is 5.92 Å². The van der Waals surface area contributed by atoms with Crippen LogP contribution in [0.1, 0.15) is 48.0 Å². The van der Waals surface area contributed by atoms with Crippen LogP contribution in [0.3, 0.4) is 0 Å². The van der Waals surface area contributed by atoms with E-state index in [-0.39, 0.29) is 12.1 Å². The SMILES string of the molecule is Cc1cc2ncc(C(C)NC[C@@H]3CCO[C@H]3c3ccccc3)c(C)n2n1. The molecule has 0 aliphatic carbocycles. The Balaban J connectivity index is 1.47. The van der Waals surface area contributed by atoms with Crippen LogP contribution in [-0.4, -0.2) is 27.7 Å². The molecule has 0 bridgehead atoms. The lowest BCUT2D eigenvalue weighted by Crippen LogP contribution is -2.28. The zero-order valence-corrected chi connectivity index (χ0v) is 15.6.